The van der Waals surface area contributed by atoms with Crippen molar-refractivity contribution in [3.63, 3.8) is 0 Å². The van der Waals surface area contributed by atoms with Crippen molar-refractivity contribution in [3.8, 4) is 5.82 Å². The van der Waals surface area contributed by atoms with Gasteiger partial charge in [-0.2, -0.15) is 9.78 Å². The number of carbonyl (C=O) groups excluding carboxylic acids is 1. The minimum absolute atomic E-state index is 0.0485. The van der Waals surface area contributed by atoms with Crippen LogP contribution in [-0.2, 0) is 0 Å². The van der Waals surface area contributed by atoms with Crippen LogP contribution < -0.4 is 11.2 Å². The number of nitrogens with two attached hydrogens (primary N) is 1. The molecule has 3 aromatic rings. The fourth-order valence-corrected chi connectivity index (χ4v) is 2.05. The number of aryl methyl sites for hydroxylation is 1. The van der Waals surface area contributed by atoms with E-state index < -0.39 is 5.91 Å². The summed E-state index contributed by atoms with van der Waals surface area (Å²) in [6.45, 7) is 3.62. The molecule has 0 aliphatic carbocycles. The number of amides is 1. The molecule has 1 aromatic carbocycles. The third-order valence-corrected chi connectivity index (χ3v) is 3.23. The minimum Gasteiger partial charge on any atom is -0.378 e. The van der Waals surface area contributed by atoms with Crippen LogP contribution in [0.4, 0.5) is 5.82 Å². The number of rotatable bonds is 4. The third-order valence-electron chi connectivity index (χ3n) is 3.23. The molecule has 0 bridgehead atoms. The number of hydrazone groups is 1. The number of carbonyl (C=O) groups is 1. The molecule has 2 aromatic heterocycles. The second-order valence-corrected chi connectivity index (χ2v) is 5.02. The number of nitrogens with one attached hydrogen (secondary N) is 1. The number of aromatic nitrogens is 5. The zero-order chi connectivity index (χ0) is 17.1. The van der Waals surface area contributed by atoms with Crippen molar-refractivity contribution in [2.24, 2.45) is 5.10 Å². The van der Waals surface area contributed by atoms with E-state index in [9.17, 15) is 4.79 Å². The molecule has 122 valence electrons. The molecule has 0 aliphatic rings. The van der Waals surface area contributed by atoms with Crippen molar-refractivity contribution in [1.82, 2.24) is 30.7 Å². The molecule has 0 aliphatic heterocycles. The quantitative estimate of drug-likeness (QED) is 0.529. The number of hydrogen-bond acceptors (Lipinski definition) is 8. The highest BCUT2D eigenvalue weighted by Gasteiger charge is 2.20. The fraction of sp³-hybridized carbons (Fsp3) is 0.143. The number of nitrogen functional groups attached to an aromatic ring is 1. The van der Waals surface area contributed by atoms with Crippen LogP contribution in [0.5, 0.6) is 0 Å². The van der Waals surface area contributed by atoms with Gasteiger partial charge in [0, 0.05) is 0 Å². The number of hydrogen-bond donors (Lipinski definition) is 2. The van der Waals surface area contributed by atoms with Crippen LogP contribution in [0.15, 0.2) is 34.0 Å². The van der Waals surface area contributed by atoms with E-state index in [1.165, 1.54) is 4.68 Å². The van der Waals surface area contributed by atoms with Gasteiger partial charge in [-0.05, 0) is 29.7 Å². The molecule has 0 saturated carbocycles. The summed E-state index contributed by atoms with van der Waals surface area (Å²) in [6, 6.07) is 7.70. The molecule has 24 heavy (non-hydrogen) atoms. The highest BCUT2D eigenvalue weighted by atomic mass is 16.6. The molecule has 3 N–H and O–H groups in total. The maximum absolute atomic E-state index is 12.2. The van der Waals surface area contributed by atoms with Crippen LogP contribution in [0.25, 0.3) is 5.82 Å². The van der Waals surface area contributed by atoms with Crippen molar-refractivity contribution in [2.45, 2.75) is 13.8 Å². The van der Waals surface area contributed by atoms with E-state index in [1.54, 1.807) is 13.1 Å². The molecule has 3 rings (SSSR count). The Labute approximate surface area is 136 Å². The maximum atomic E-state index is 12.2. The largest absolute Gasteiger partial charge is 0.378 e. The van der Waals surface area contributed by atoms with Gasteiger partial charge >= 0.3 is 0 Å². The lowest BCUT2D eigenvalue weighted by Crippen LogP contribution is -2.19. The SMILES string of the molecule is Cc1cccc(/C=N/NC(=O)c2nnn(-c3nonc3N)c2C)c1. The van der Waals surface area contributed by atoms with Gasteiger partial charge in [-0.25, -0.2) is 10.1 Å². The van der Waals surface area contributed by atoms with Crippen LogP contribution in [0, 0.1) is 13.8 Å². The lowest BCUT2D eigenvalue weighted by atomic mass is 10.2. The summed E-state index contributed by atoms with van der Waals surface area (Å²) >= 11 is 0. The Morgan fingerprint density at radius 3 is 2.92 bits per heavy atom. The molecule has 2 heterocycles. The molecular formula is C14H14N8O2. The Morgan fingerprint density at radius 1 is 1.38 bits per heavy atom. The predicted octanol–water partition coefficient (Wildman–Crippen LogP) is 0.613. The predicted molar refractivity (Wildman–Crippen MR) is 84.6 cm³/mol. The van der Waals surface area contributed by atoms with Crippen molar-refractivity contribution in [2.75, 3.05) is 5.73 Å². The van der Waals surface area contributed by atoms with Crippen molar-refractivity contribution >= 4 is 17.9 Å². The van der Waals surface area contributed by atoms with Crippen molar-refractivity contribution < 1.29 is 9.42 Å². The summed E-state index contributed by atoms with van der Waals surface area (Å²) in [5.74, 6) is -0.285. The first-order chi connectivity index (χ1) is 11.6. The minimum atomic E-state index is -0.502. The average molecular weight is 326 g/mol. The summed E-state index contributed by atoms with van der Waals surface area (Å²) in [7, 11) is 0. The van der Waals surface area contributed by atoms with Gasteiger partial charge < -0.3 is 5.73 Å². The first kappa shape index (κ1) is 15.3. The van der Waals surface area contributed by atoms with Crippen LogP contribution in [0.1, 0.15) is 27.3 Å². The van der Waals surface area contributed by atoms with Crippen molar-refractivity contribution in [1.29, 1.82) is 0 Å². The molecule has 0 unspecified atom stereocenters. The lowest BCUT2D eigenvalue weighted by molar-refractivity contribution is 0.0949. The number of nitrogens with zero attached hydrogens (tertiary/aromatic N) is 6. The normalized spacial score (nSPS) is 11.1. The molecule has 0 spiro atoms. The van der Waals surface area contributed by atoms with E-state index in [2.05, 4.69) is 35.8 Å². The third kappa shape index (κ3) is 2.97. The Hall–Kier alpha value is -3.56. The Balaban J connectivity index is 1.74. The Morgan fingerprint density at radius 2 is 2.21 bits per heavy atom. The Kier molecular flexibility index (Phi) is 4.01. The molecule has 10 nitrogen and oxygen atoms in total. The second-order valence-electron chi connectivity index (χ2n) is 5.02. The van der Waals surface area contributed by atoms with E-state index in [0.29, 0.717) is 5.69 Å². The topological polar surface area (TPSA) is 137 Å². The summed E-state index contributed by atoms with van der Waals surface area (Å²) in [5, 5.41) is 18.6. The summed E-state index contributed by atoms with van der Waals surface area (Å²) < 4.78 is 5.78. The van der Waals surface area contributed by atoms with Gasteiger partial charge in [0.25, 0.3) is 5.91 Å². The summed E-state index contributed by atoms with van der Waals surface area (Å²) in [6.07, 6.45) is 1.55. The smallest absolute Gasteiger partial charge is 0.293 e. The van der Waals surface area contributed by atoms with Crippen LogP contribution >= 0.6 is 0 Å². The molecular weight excluding hydrogens is 312 g/mol. The van der Waals surface area contributed by atoms with Crippen LogP contribution in [0.3, 0.4) is 0 Å². The van der Waals surface area contributed by atoms with Gasteiger partial charge in [0.15, 0.2) is 5.69 Å². The highest BCUT2D eigenvalue weighted by Crippen LogP contribution is 2.14. The van der Waals surface area contributed by atoms with Crippen LogP contribution in [0.2, 0.25) is 0 Å². The molecule has 0 fully saturated rings. The lowest BCUT2D eigenvalue weighted by Gasteiger charge is -1.99. The molecule has 0 saturated heterocycles. The van der Waals surface area contributed by atoms with E-state index in [4.69, 9.17) is 5.73 Å². The zero-order valence-electron chi connectivity index (χ0n) is 13.0. The van der Waals surface area contributed by atoms with Crippen LogP contribution in [-0.4, -0.2) is 37.4 Å². The first-order valence-electron chi connectivity index (χ1n) is 6.97. The first-order valence-corrected chi connectivity index (χ1v) is 6.97. The van der Waals surface area contributed by atoms with E-state index in [-0.39, 0.29) is 17.3 Å². The number of benzene rings is 1. The average Bonchev–Trinajstić information content (AvgIpc) is 3.13. The van der Waals surface area contributed by atoms with Gasteiger partial charge in [0.1, 0.15) is 0 Å². The summed E-state index contributed by atoms with van der Waals surface area (Å²) in [5.41, 5.74) is 10.5. The monoisotopic (exact) mass is 326 g/mol. The maximum Gasteiger partial charge on any atom is 0.293 e. The van der Waals surface area contributed by atoms with Gasteiger partial charge in [-0.15, -0.1) is 5.10 Å². The molecule has 10 heteroatoms. The number of anilines is 1. The van der Waals surface area contributed by atoms with Gasteiger partial charge in [0.2, 0.25) is 11.6 Å². The van der Waals surface area contributed by atoms with E-state index >= 15 is 0 Å². The Bertz CT molecular complexity index is 911. The molecule has 1 amide bonds. The van der Waals surface area contributed by atoms with E-state index in [0.717, 1.165) is 11.1 Å². The van der Waals surface area contributed by atoms with Crippen molar-refractivity contribution in [3.05, 3.63) is 46.8 Å². The van der Waals surface area contributed by atoms with Gasteiger partial charge in [-0.1, -0.05) is 35.0 Å². The van der Waals surface area contributed by atoms with E-state index in [1.807, 2.05) is 31.2 Å². The highest BCUT2D eigenvalue weighted by molar-refractivity contribution is 5.94. The standard InChI is InChI=1S/C14H14N8O2/c1-8-4-3-5-10(6-8)7-16-18-14(23)11-9(2)22(21-17-11)13-12(15)19-24-20-13/h3-7H,1-2H3,(H2,15,19)(H,18,23)/b16-7+. The molecule has 0 atom stereocenters. The second kappa shape index (κ2) is 6.28. The fourth-order valence-electron chi connectivity index (χ4n) is 2.05. The van der Waals surface area contributed by atoms with Gasteiger partial charge in [0.05, 0.1) is 11.9 Å². The zero-order valence-corrected chi connectivity index (χ0v) is 13.0. The van der Waals surface area contributed by atoms with Gasteiger partial charge in [-0.3, -0.25) is 4.79 Å². The summed E-state index contributed by atoms with van der Waals surface area (Å²) in [4.78, 5) is 12.2. The molecule has 0 radical (unpaired) electrons.